The first-order valence-corrected chi connectivity index (χ1v) is 7.88. The second-order valence-electron chi connectivity index (χ2n) is 6.29. The molecule has 1 saturated carbocycles. The number of anilines is 2. The highest BCUT2D eigenvalue weighted by molar-refractivity contribution is 5.97. The van der Waals surface area contributed by atoms with Gasteiger partial charge in [0.15, 0.2) is 5.82 Å². The van der Waals surface area contributed by atoms with Crippen LogP contribution in [0.5, 0.6) is 0 Å². The Bertz CT molecular complexity index is 789. The molecule has 0 saturated heterocycles. The van der Waals surface area contributed by atoms with Gasteiger partial charge in [-0.15, -0.1) is 0 Å². The molecule has 2 aromatic rings. The fourth-order valence-electron chi connectivity index (χ4n) is 2.98. The SMILES string of the molecule is CN(C)c1ncccc1NC(=O)C1CC1c1ccccc1C(F)(F)F. The van der Waals surface area contributed by atoms with Crippen molar-refractivity contribution < 1.29 is 18.0 Å². The van der Waals surface area contributed by atoms with E-state index < -0.39 is 23.6 Å². The van der Waals surface area contributed by atoms with E-state index in [9.17, 15) is 18.0 Å². The topological polar surface area (TPSA) is 45.2 Å². The van der Waals surface area contributed by atoms with Gasteiger partial charge in [0.1, 0.15) is 0 Å². The minimum Gasteiger partial charge on any atom is -0.361 e. The molecular weight excluding hydrogens is 331 g/mol. The maximum absolute atomic E-state index is 13.1. The van der Waals surface area contributed by atoms with Crippen molar-refractivity contribution in [2.45, 2.75) is 18.5 Å². The standard InChI is InChI=1S/C18H18F3N3O/c1-24(2)16-15(8-5-9-22-16)23-17(25)13-10-12(13)11-6-3-4-7-14(11)18(19,20)21/h3-9,12-13H,10H2,1-2H3,(H,23,25). The van der Waals surface area contributed by atoms with Crippen molar-refractivity contribution in [3.63, 3.8) is 0 Å². The smallest absolute Gasteiger partial charge is 0.361 e. The fraction of sp³-hybridized carbons (Fsp3) is 0.333. The quantitative estimate of drug-likeness (QED) is 0.910. The van der Waals surface area contributed by atoms with Crippen LogP contribution in [0.15, 0.2) is 42.6 Å². The lowest BCUT2D eigenvalue weighted by Gasteiger charge is -2.16. The summed E-state index contributed by atoms with van der Waals surface area (Å²) in [6, 6.07) is 8.88. The van der Waals surface area contributed by atoms with E-state index in [1.807, 2.05) is 0 Å². The molecule has 132 valence electrons. The number of hydrogen-bond acceptors (Lipinski definition) is 3. The van der Waals surface area contributed by atoms with E-state index >= 15 is 0 Å². The van der Waals surface area contributed by atoms with E-state index in [1.165, 1.54) is 12.1 Å². The summed E-state index contributed by atoms with van der Waals surface area (Å²) in [4.78, 5) is 18.4. The molecule has 1 aromatic heterocycles. The number of carbonyl (C=O) groups excluding carboxylic acids is 1. The van der Waals surface area contributed by atoms with Crippen LogP contribution in [0.1, 0.15) is 23.5 Å². The number of nitrogens with zero attached hydrogens (tertiary/aromatic N) is 2. The molecule has 1 aliphatic carbocycles. The van der Waals surface area contributed by atoms with E-state index in [2.05, 4.69) is 10.3 Å². The van der Waals surface area contributed by atoms with E-state index in [-0.39, 0.29) is 11.5 Å². The van der Waals surface area contributed by atoms with Gasteiger partial charge in [0.05, 0.1) is 11.3 Å². The van der Waals surface area contributed by atoms with Crippen LogP contribution in [0.2, 0.25) is 0 Å². The van der Waals surface area contributed by atoms with E-state index in [0.717, 1.165) is 6.07 Å². The summed E-state index contributed by atoms with van der Waals surface area (Å²) in [6.07, 6.45) is -2.39. The van der Waals surface area contributed by atoms with Crippen LogP contribution in [0.3, 0.4) is 0 Å². The maximum Gasteiger partial charge on any atom is 0.416 e. The lowest BCUT2D eigenvalue weighted by atomic mass is 10.0. The highest BCUT2D eigenvalue weighted by Crippen LogP contribution is 2.51. The number of aromatic nitrogens is 1. The van der Waals surface area contributed by atoms with Crippen LogP contribution in [-0.2, 0) is 11.0 Å². The van der Waals surface area contributed by atoms with E-state index in [4.69, 9.17) is 0 Å². The number of alkyl halides is 3. The van der Waals surface area contributed by atoms with Gasteiger partial charge < -0.3 is 10.2 Å². The van der Waals surface area contributed by atoms with Gasteiger partial charge in [-0.2, -0.15) is 13.2 Å². The predicted molar refractivity (Wildman–Crippen MR) is 89.5 cm³/mol. The van der Waals surface area contributed by atoms with Gasteiger partial charge >= 0.3 is 6.18 Å². The van der Waals surface area contributed by atoms with Gasteiger partial charge in [0, 0.05) is 26.2 Å². The van der Waals surface area contributed by atoms with Crippen molar-refractivity contribution in [3.05, 3.63) is 53.7 Å². The van der Waals surface area contributed by atoms with Crippen molar-refractivity contribution in [2.24, 2.45) is 5.92 Å². The number of pyridine rings is 1. The number of nitrogens with one attached hydrogen (secondary N) is 1. The van der Waals surface area contributed by atoms with Gasteiger partial charge in [0.2, 0.25) is 5.91 Å². The average molecular weight is 349 g/mol. The molecule has 1 aromatic carbocycles. The molecule has 1 N–H and O–H groups in total. The summed E-state index contributed by atoms with van der Waals surface area (Å²) < 4.78 is 39.4. The molecule has 7 heteroatoms. The number of rotatable bonds is 4. The van der Waals surface area contributed by atoms with E-state index in [1.54, 1.807) is 43.4 Å². The van der Waals surface area contributed by atoms with Gasteiger partial charge in [-0.3, -0.25) is 4.79 Å². The van der Waals surface area contributed by atoms with Crippen LogP contribution < -0.4 is 10.2 Å². The number of hydrogen-bond donors (Lipinski definition) is 1. The summed E-state index contributed by atoms with van der Waals surface area (Å²) >= 11 is 0. The monoisotopic (exact) mass is 349 g/mol. The normalized spacial score (nSPS) is 19.4. The van der Waals surface area contributed by atoms with Crippen LogP contribution in [0.4, 0.5) is 24.7 Å². The molecule has 1 heterocycles. The van der Waals surface area contributed by atoms with Crippen LogP contribution in [0.25, 0.3) is 0 Å². The Hall–Kier alpha value is -2.57. The zero-order valence-electron chi connectivity index (χ0n) is 13.8. The van der Waals surface area contributed by atoms with Crippen molar-refractivity contribution in [3.8, 4) is 0 Å². The van der Waals surface area contributed by atoms with Crippen molar-refractivity contribution in [2.75, 3.05) is 24.3 Å². The Kier molecular flexibility index (Phi) is 4.41. The van der Waals surface area contributed by atoms with Crippen LogP contribution >= 0.6 is 0 Å². The third kappa shape index (κ3) is 3.60. The molecule has 4 nitrogen and oxygen atoms in total. The molecule has 3 rings (SSSR count). The first kappa shape index (κ1) is 17.3. The zero-order valence-corrected chi connectivity index (χ0v) is 13.8. The largest absolute Gasteiger partial charge is 0.416 e. The van der Waals surface area contributed by atoms with Gasteiger partial charge in [0.25, 0.3) is 0 Å². The van der Waals surface area contributed by atoms with E-state index in [0.29, 0.717) is 17.9 Å². The molecular formula is C18H18F3N3O. The van der Waals surface area contributed by atoms with Crippen molar-refractivity contribution in [1.29, 1.82) is 0 Å². The maximum atomic E-state index is 13.1. The third-order valence-electron chi connectivity index (χ3n) is 4.26. The van der Waals surface area contributed by atoms with Crippen LogP contribution in [0, 0.1) is 5.92 Å². The molecule has 25 heavy (non-hydrogen) atoms. The Labute approximate surface area is 143 Å². The molecule has 1 fully saturated rings. The second-order valence-corrected chi connectivity index (χ2v) is 6.29. The summed E-state index contributed by atoms with van der Waals surface area (Å²) in [5.74, 6) is -0.544. The first-order valence-electron chi connectivity index (χ1n) is 7.88. The first-order chi connectivity index (χ1) is 11.8. The lowest BCUT2D eigenvalue weighted by Crippen LogP contribution is -2.19. The summed E-state index contributed by atoms with van der Waals surface area (Å²) in [5.41, 5.74) is 0.0760. The Balaban J connectivity index is 1.76. The highest BCUT2D eigenvalue weighted by Gasteiger charge is 2.47. The van der Waals surface area contributed by atoms with Crippen molar-refractivity contribution in [1.82, 2.24) is 4.98 Å². The molecule has 0 radical (unpaired) electrons. The molecule has 0 spiro atoms. The number of benzene rings is 1. The second kappa shape index (κ2) is 6.38. The zero-order chi connectivity index (χ0) is 18.2. The van der Waals surface area contributed by atoms with Crippen LogP contribution in [-0.4, -0.2) is 25.0 Å². The number of carbonyl (C=O) groups is 1. The average Bonchev–Trinajstić information content (AvgIpc) is 3.35. The number of halogens is 3. The summed E-state index contributed by atoms with van der Waals surface area (Å²) in [6.45, 7) is 0. The molecule has 0 aliphatic heterocycles. The minimum atomic E-state index is -4.42. The molecule has 2 atom stereocenters. The van der Waals surface area contributed by atoms with Crippen molar-refractivity contribution >= 4 is 17.4 Å². The molecule has 1 amide bonds. The third-order valence-corrected chi connectivity index (χ3v) is 4.26. The molecule has 1 aliphatic rings. The lowest BCUT2D eigenvalue weighted by molar-refractivity contribution is -0.138. The Morgan fingerprint density at radius 1 is 1.20 bits per heavy atom. The predicted octanol–water partition coefficient (Wildman–Crippen LogP) is 3.91. The van der Waals surface area contributed by atoms with Gasteiger partial charge in [-0.1, -0.05) is 18.2 Å². The summed E-state index contributed by atoms with van der Waals surface area (Å²) in [5, 5.41) is 2.79. The number of amides is 1. The molecule has 2 unspecified atom stereocenters. The fourth-order valence-corrected chi connectivity index (χ4v) is 2.98. The van der Waals surface area contributed by atoms with Gasteiger partial charge in [-0.05, 0) is 36.1 Å². The minimum absolute atomic E-state index is 0.189. The Morgan fingerprint density at radius 2 is 1.92 bits per heavy atom. The Morgan fingerprint density at radius 3 is 2.60 bits per heavy atom. The summed E-state index contributed by atoms with van der Waals surface area (Å²) in [7, 11) is 3.61. The molecule has 0 bridgehead atoms. The highest BCUT2D eigenvalue weighted by atomic mass is 19.4. The van der Waals surface area contributed by atoms with Gasteiger partial charge in [-0.25, -0.2) is 4.98 Å².